The summed E-state index contributed by atoms with van der Waals surface area (Å²) >= 11 is 3.41. The molecule has 0 radical (unpaired) electrons. The second kappa shape index (κ2) is 5.03. The molecule has 0 aliphatic rings. The Morgan fingerprint density at radius 3 is 2.81 bits per heavy atom. The number of hydrogen-bond acceptors (Lipinski definition) is 5. The fourth-order valence-electron chi connectivity index (χ4n) is 1.53. The molecule has 3 nitrogen and oxygen atoms in total. The first-order chi connectivity index (χ1) is 7.72. The Morgan fingerprint density at radius 2 is 2.25 bits per heavy atom. The molecule has 0 aromatic carbocycles. The maximum absolute atomic E-state index is 4.72. The van der Waals surface area contributed by atoms with Crippen molar-refractivity contribution in [3.05, 3.63) is 22.3 Å². The van der Waals surface area contributed by atoms with Gasteiger partial charge in [0.25, 0.3) is 0 Å². The molecule has 0 aliphatic carbocycles. The highest BCUT2D eigenvalue weighted by atomic mass is 32.1. The van der Waals surface area contributed by atoms with Gasteiger partial charge >= 0.3 is 0 Å². The van der Waals surface area contributed by atoms with E-state index in [-0.39, 0.29) is 0 Å². The highest BCUT2D eigenvalue weighted by Crippen LogP contribution is 2.33. The molecule has 2 heterocycles. The summed E-state index contributed by atoms with van der Waals surface area (Å²) in [4.78, 5) is 11.3. The van der Waals surface area contributed by atoms with E-state index in [1.54, 1.807) is 22.7 Å². The van der Waals surface area contributed by atoms with Crippen molar-refractivity contribution >= 4 is 22.7 Å². The van der Waals surface area contributed by atoms with E-state index >= 15 is 0 Å². The lowest BCUT2D eigenvalue weighted by Crippen LogP contribution is -2.06. The number of nitrogens with zero attached hydrogens (tertiary/aromatic N) is 2. The predicted octanol–water partition coefficient (Wildman–Crippen LogP) is 3.11. The first kappa shape index (κ1) is 11.7. The molecule has 0 amide bonds. The third-order valence-corrected chi connectivity index (χ3v) is 4.27. The molecule has 0 bridgehead atoms. The van der Waals surface area contributed by atoms with Gasteiger partial charge in [-0.1, -0.05) is 13.8 Å². The summed E-state index contributed by atoms with van der Waals surface area (Å²) in [5, 5.41) is 4.29. The zero-order valence-corrected chi connectivity index (χ0v) is 11.3. The molecule has 0 fully saturated rings. The number of nitrogens with one attached hydrogen (secondary N) is 1. The van der Waals surface area contributed by atoms with Crippen molar-refractivity contribution in [3.8, 4) is 9.88 Å². The standard InChI is InChI=1S/C11H15N3S2/c1-7(2)10-8(4-12-3)16-11(14-10)9-5-13-6-15-9/h5-7,12H,4H2,1-3H3. The van der Waals surface area contributed by atoms with Crippen molar-refractivity contribution < 1.29 is 0 Å². The Bertz CT molecular complexity index is 446. The quantitative estimate of drug-likeness (QED) is 0.909. The van der Waals surface area contributed by atoms with E-state index in [0.29, 0.717) is 5.92 Å². The number of hydrogen-bond donors (Lipinski definition) is 1. The van der Waals surface area contributed by atoms with E-state index in [2.05, 4.69) is 24.1 Å². The molecular weight excluding hydrogens is 238 g/mol. The monoisotopic (exact) mass is 253 g/mol. The number of thiazole rings is 2. The number of rotatable bonds is 4. The molecule has 0 spiro atoms. The van der Waals surface area contributed by atoms with Crippen molar-refractivity contribution in [2.24, 2.45) is 0 Å². The molecule has 2 rings (SSSR count). The van der Waals surface area contributed by atoms with Gasteiger partial charge in [-0.05, 0) is 13.0 Å². The zero-order valence-electron chi connectivity index (χ0n) is 9.65. The van der Waals surface area contributed by atoms with Crippen LogP contribution < -0.4 is 5.32 Å². The normalized spacial score (nSPS) is 11.2. The van der Waals surface area contributed by atoms with Crippen molar-refractivity contribution in [1.82, 2.24) is 15.3 Å². The van der Waals surface area contributed by atoms with Gasteiger partial charge < -0.3 is 5.32 Å². The van der Waals surface area contributed by atoms with Gasteiger partial charge in [-0.3, -0.25) is 4.98 Å². The van der Waals surface area contributed by atoms with Crippen molar-refractivity contribution in [3.63, 3.8) is 0 Å². The van der Waals surface area contributed by atoms with E-state index in [0.717, 1.165) is 16.4 Å². The largest absolute Gasteiger partial charge is 0.315 e. The van der Waals surface area contributed by atoms with Crippen LogP contribution in [0.5, 0.6) is 0 Å². The molecule has 2 aromatic heterocycles. The molecule has 86 valence electrons. The van der Waals surface area contributed by atoms with Crippen LogP contribution in [0.25, 0.3) is 9.88 Å². The fourth-order valence-corrected chi connectivity index (χ4v) is 3.43. The molecule has 0 saturated heterocycles. The molecule has 5 heteroatoms. The Hall–Kier alpha value is -0.780. The highest BCUT2D eigenvalue weighted by molar-refractivity contribution is 7.20. The molecule has 0 aliphatic heterocycles. The van der Waals surface area contributed by atoms with Gasteiger partial charge in [-0.25, -0.2) is 4.98 Å². The van der Waals surface area contributed by atoms with Crippen molar-refractivity contribution in [2.45, 2.75) is 26.3 Å². The van der Waals surface area contributed by atoms with Crippen molar-refractivity contribution in [1.29, 1.82) is 0 Å². The summed E-state index contributed by atoms with van der Waals surface area (Å²) < 4.78 is 0. The van der Waals surface area contributed by atoms with Gasteiger partial charge in [0.2, 0.25) is 0 Å². The van der Waals surface area contributed by atoms with Crippen LogP contribution in [-0.4, -0.2) is 17.0 Å². The average molecular weight is 253 g/mol. The van der Waals surface area contributed by atoms with E-state index < -0.39 is 0 Å². The Morgan fingerprint density at radius 1 is 1.44 bits per heavy atom. The SMILES string of the molecule is CNCc1sc(-c2cncs2)nc1C(C)C. The molecule has 0 atom stereocenters. The second-order valence-electron chi connectivity index (χ2n) is 3.88. The zero-order chi connectivity index (χ0) is 11.5. The van der Waals surface area contributed by atoms with Crippen LogP contribution >= 0.6 is 22.7 Å². The molecule has 2 aromatic rings. The van der Waals surface area contributed by atoms with E-state index in [4.69, 9.17) is 4.98 Å². The van der Waals surface area contributed by atoms with Gasteiger partial charge in [0, 0.05) is 17.6 Å². The molecular formula is C11H15N3S2. The number of aromatic nitrogens is 2. The second-order valence-corrected chi connectivity index (χ2v) is 5.85. The van der Waals surface area contributed by atoms with Crippen molar-refractivity contribution in [2.75, 3.05) is 7.05 Å². The van der Waals surface area contributed by atoms with Crippen LogP contribution in [0.2, 0.25) is 0 Å². The van der Waals surface area contributed by atoms with E-state index in [1.165, 1.54) is 10.6 Å². The summed E-state index contributed by atoms with van der Waals surface area (Å²) in [5.41, 5.74) is 3.06. The third kappa shape index (κ3) is 2.31. The summed E-state index contributed by atoms with van der Waals surface area (Å²) in [5.74, 6) is 0.473. The fraction of sp³-hybridized carbons (Fsp3) is 0.455. The lowest BCUT2D eigenvalue weighted by atomic mass is 10.1. The van der Waals surface area contributed by atoms with Gasteiger partial charge in [-0.2, -0.15) is 0 Å². The van der Waals surface area contributed by atoms with Gasteiger partial charge in [0.1, 0.15) is 5.01 Å². The van der Waals surface area contributed by atoms with Crippen LogP contribution in [0.1, 0.15) is 30.3 Å². The molecule has 0 saturated carbocycles. The molecule has 16 heavy (non-hydrogen) atoms. The Kier molecular flexibility index (Phi) is 3.68. The third-order valence-electron chi connectivity index (χ3n) is 2.25. The Labute approximate surface area is 104 Å². The van der Waals surface area contributed by atoms with Crippen LogP contribution in [0.4, 0.5) is 0 Å². The van der Waals surface area contributed by atoms with Crippen LogP contribution in [-0.2, 0) is 6.54 Å². The van der Waals surface area contributed by atoms with E-state index in [9.17, 15) is 0 Å². The maximum atomic E-state index is 4.72. The highest BCUT2D eigenvalue weighted by Gasteiger charge is 2.15. The predicted molar refractivity (Wildman–Crippen MR) is 70.1 cm³/mol. The lowest BCUT2D eigenvalue weighted by Gasteiger charge is -2.03. The minimum absolute atomic E-state index is 0.473. The Balaban J connectivity index is 2.38. The van der Waals surface area contributed by atoms with Gasteiger partial charge in [0.05, 0.1) is 16.1 Å². The van der Waals surface area contributed by atoms with Crippen LogP contribution in [0.15, 0.2) is 11.7 Å². The van der Waals surface area contributed by atoms with E-state index in [1.807, 2.05) is 18.8 Å². The topological polar surface area (TPSA) is 37.8 Å². The average Bonchev–Trinajstić information content (AvgIpc) is 2.83. The summed E-state index contributed by atoms with van der Waals surface area (Å²) in [6, 6.07) is 0. The lowest BCUT2D eigenvalue weighted by molar-refractivity contribution is 0.771. The van der Waals surface area contributed by atoms with Crippen LogP contribution in [0.3, 0.4) is 0 Å². The molecule has 0 unspecified atom stereocenters. The summed E-state index contributed by atoms with van der Waals surface area (Å²) in [6.07, 6.45) is 1.89. The minimum atomic E-state index is 0.473. The first-order valence-electron chi connectivity index (χ1n) is 5.25. The summed E-state index contributed by atoms with van der Waals surface area (Å²) in [7, 11) is 1.97. The summed E-state index contributed by atoms with van der Waals surface area (Å²) in [6.45, 7) is 5.26. The maximum Gasteiger partial charge on any atom is 0.135 e. The van der Waals surface area contributed by atoms with Gasteiger partial charge in [0.15, 0.2) is 0 Å². The minimum Gasteiger partial charge on any atom is -0.315 e. The first-order valence-corrected chi connectivity index (χ1v) is 6.95. The van der Waals surface area contributed by atoms with Gasteiger partial charge in [-0.15, -0.1) is 22.7 Å². The smallest absolute Gasteiger partial charge is 0.135 e. The van der Waals surface area contributed by atoms with Crippen LogP contribution in [0, 0.1) is 0 Å². The molecule has 1 N–H and O–H groups in total.